The van der Waals surface area contributed by atoms with Crippen molar-refractivity contribution in [3.05, 3.63) is 0 Å². The van der Waals surface area contributed by atoms with Crippen LogP contribution < -0.4 is 0 Å². The van der Waals surface area contributed by atoms with Crippen molar-refractivity contribution in [2.45, 2.75) is 0 Å². The van der Waals surface area contributed by atoms with Gasteiger partial charge in [0.1, 0.15) is 0 Å². The first-order valence-electron chi connectivity index (χ1n) is 0. The molecule has 0 bridgehead atoms. The summed E-state index contributed by atoms with van der Waals surface area (Å²) in [4.78, 5) is 0. The van der Waals surface area contributed by atoms with Crippen molar-refractivity contribution in [2.75, 3.05) is 0 Å². The van der Waals surface area contributed by atoms with Crippen LogP contribution in [0.4, 0.5) is 0 Å². The monoisotopic (exact) mass is 258 g/mol. The molecule has 0 aliphatic carbocycles. The first-order valence-corrected chi connectivity index (χ1v) is 0. The van der Waals surface area contributed by atoms with E-state index in [0.717, 1.165) is 0 Å². The second-order valence-electron chi connectivity index (χ2n) is 0. The minimum Gasteiger partial charge on any atom is 0 e. The molecule has 0 aliphatic rings. The molecule has 4 heteroatoms. The third-order valence-electron chi connectivity index (χ3n) is 0. The Hall–Kier alpha value is 2.49. The van der Waals surface area contributed by atoms with Gasteiger partial charge in [-0.05, 0) is 0 Å². The summed E-state index contributed by atoms with van der Waals surface area (Å²) in [6, 6.07) is 0. The van der Waals surface area contributed by atoms with Gasteiger partial charge in [0.2, 0.25) is 0 Å². The molecule has 0 unspecified atom stereocenters. The second kappa shape index (κ2) is 17.8. The van der Waals surface area contributed by atoms with E-state index in [-0.39, 0.29) is 77.9 Å². The van der Waals surface area contributed by atoms with Gasteiger partial charge in [-0.3, -0.25) is 0 Å². The minimum atomic E-state index is 0. The molecule has 0 N–H and O–H groups in total. The van der Waals surface area contributed by atoms with Gasteiger partial charge in [0, 0.05) is 77.9 Å². The summed E-state index contributed by atoms with van der Waals surface area (Å²) in [6.07, 6.45) is 0. The zero-order chi connectivity index (χ0) is 0. The third kappa shape index (κ3) is 8.82. The van der Waals surface area contributed by atoms with Gasteiger partial charge in [-0.2, -0.15) is 0 Å². The summed E-state index contributed by atoms with van der Waals surface area (Å²) < 4.78 is 0. The quantitative estimate of drug-likeness (QED) is 0.483. The van der Waals surface area contributed by atoms with E-state index in [1.54, 1.807) is 0 Å². The average Bonchev–Trinajstić information content (AvgIpc) is 0. The van der Waals surface area contributed by atoms with Crippen LogP contribution in [-0.2, 0) is 18.6 Å². The third-order valence-corrected chi connectivity index (χ3v) is 0. The zero-order valence-electron chi connectivity index (χ0n) is 2.18. The SMILES string of the molecule is [Ga].[Ga].[Ga].[V]. The Kier molecular flexibility index (Phi) is 141. The van der Waals surface area contributed by atoms with Gasteiger partial charge in [0.15, 0.2) is 0 Å². The van der Waals surface area contributed by atoms with Crippen molar-refractivity contribution >= 4 is 59.4 Å². The smallest absolute Gasteiger partial charge is 0 e. The van der Waals surface area contributed by atoms with E-state index in [2.05, 4.69) is 0 Å². The standard InChI is InChI=1S/3Ga.V. The van der Waals surface area contributed by atoms with Crippen molar-refractivity contribution in [2.24, 2.45) is 0 Å². The molecule has 0 atom stereocenters. The number of rotatable bonds is 0. The molecule has 0 nitrogen and oxygen atoms in total. The van der Waals surface area contributed by atoms with Gasteiger partial charge in [-0.25, -0.2) is 0 Å². The molecule has 0 fully saturated rings. The molecular weight excluding hydrogens is 260 g/mol. The Bertz CT molecular complexity index is 3.25. The molecule has 0 aromatic heterocycles. The van der Waals surface area contributed by atoms with E-state index in [0.29, 0.717) is 0 Å². The molecule has 4 heavy (non-hydrogen) atoms. The Morgan fingerprint density at radius 1 is 0.500 bits per heavy atom. The summed E-state index contributed by atoms with van der Waals surface area (Å²) in [5.74, 6) is 0. The molecule has 14 valence electrons. The Morgan fingerprint density at radius 2 is 0.500 bits per heavy atom. The molecule has 0 aromatic carbocycles. The predicted octanol–water partition coefficient (Wildman–Crippen LogP) is -1.14. The van der Waals surface area contributed by atoms with Gasteiger partial charge in [0.05, 0.1) is 0 Å². The zero-order valence-corrected chi connectivity index (χ0v) is 10.8. The van der Waals surface area contributed by atoms with Crippen LogP contribution in [0.5, 0.6) is 0 Å². The topological polar surface area (TPSA) is 0 Å². The van der Waals surface area contributed by atoms with E-state index in [1.165, 1.54) is 0 Å². The largest absolute Gasteiger partial charge is 0 e. The van der Waals surface area contributed by atoms with E-state index >= 15 is 0 Å². The van der Waals surface area contributed by atoms with Crippen molar-refractivity contribution in [3.8, 4) is 0 Å². The number of hydrogen-bond acceptors (Lipinski definition) is 0. The summed E-state index contributed by atoms with van der Waals surface area (Å²) in [6.45, 7) is 0. The Labute approximate surface area is 76.9 Å². The van der Waals surface area contributed by atoms with Crippen LogP contribution in [0.25, 0.3) is 0 Å². The molecule has 0 spiro atoms. The summed E-state index contributed by atoms with van der Waals surface area (Å²) in [7, 11) is 0. The van der Waals surface area contributed by atoms with Crippen LogP contribution >= 0.6 is 0 Å². The molecular formula is Ga3V. The van der Waals surface area contributed by atoms with Gasteiger partial charge < -0.3 is 0 Å². The average molecular weight is 260 g/mol. The molecule has 0 saturated heterocycles. The molecule has 0 aliphatic heterocycles. The second-order valence-corrected chi connectivity index (χ2v) is 0. The Morgan fingerprint density at radius 3 is 0.500 bits per heavy atom. The summed E-state index contributed by atoms with van der Waals surface area (Å²) in [5.41, 5.74) is 0. The van der Waals surface area contributed by atoms with Crippen LogP contribution in [0.2, 0.25) is 0 Å². The van der Waals surface area contributed by atoms with Crippen LogP contribution in [0.3, 0.4) is 0 Å². The van der Waals surface area contributed by atoms with E-state index in [9.17, 15) is 0 Å². The van der Waals surface area contributed by atoms with Gasteiger partial charge in [-0.1, -0.05) is 0 Å². The van der Waals surface area contributed by atoms with Crippen molar-refractivity contribution < 1.29 is 18.6 Å². The first-order chi connectivity index (χ1) is 0. The predicted molar refractivity (Wildman–Crippen MR) is 17.3 cm³/mol. The van der Waals surface area contributed by atoms with E-state index < -0.39 is 0 Å². The fraction of sp³-hybridized carbons (Fsp3) is 0. The maximum atomic E-state index is 0. The van der Waals surface area contributed by atoms with Gasteiger partial charge in [0.25, 0.3) is 0 Å². The van der Waals surface area contributed by atoms with E-state index in [1.807, 2.05) is 0 Å². The van der Waals surface area contributed by atoms with Crippen molar-refractivity contribution in [3.63, 3.8) is 0 Å². The summed E-state index contributed by atoms with van der Waals surface area (Å²) >= 11 is 0. The van der Waals surface area contributed by atoms with Crippen LogP contribution in [-0.4, -0.2) is 59.4 Å². The van der Waals surface area contributed by atoms with Crippen molar-refractivity contribution in [1.29, 1.82) is 0 Å². The number of hydrogen-bond donors (Lipinski definition) is 0. The first kappa shape index (κ1) is 31.5. The van der Waals surface area contributed by atoms with Crippen molar-refractivity contribution in [1.82, 2.24) is 0 Å². The maximum absolute atomic E-state index is 0. The molecule has 0 saturated carbocycles. The fourth-order valence-corrected chi connectivity index (χ4v) is 0. The van der Waals surface area contributed by atoms with Crippen LogP contribution in [0.15, 0.2) is 0 Å². The minimum absolute atomic E-state index is 0. The molecule has 0 rings (SSSR count). The fourth-order valence-electron chi connectivity index (χ4n) is 0. The molecule has 0 heterocycles. The van der Waals surface area contributed by atoms with E-state index in [4.69, 9.17) is 0 Å². The summed E-state index contributed by atoms with van der Waals surface area (Å²) in [5, 5.41) is 0. The molecule has 10 radical (unpaired) electrons. The van der Waals surface area contributed by atoms with Crippen LogP contribution in [0, 0.1) is 0 Å². The molecule has 0 amide bonds. The van der Waals surface area contributed by atoms with Crippen LogP contribution in [0.1, 0.15) is 0 Å². The molecule has 0 aromatic rings. The normalized spacial score (nSPS) is 0. The maximum Gasteiger partial charge on any atom is 0 e. The van der Waals surface area contributed by atoms with Gasteiger partial charge in [-0.15, -0.1) is 0 Å². The Balaban J connectivity index is 0. The van der Waals surface area contributed by atoms with Gasteiger partial charge >= 0.3 is 0 Å².